The Kier molecular flexibility index (Phi) is 17.1. The third kappa shape index (κ3) is 8.66. The maximum atomic E-state index is 7.99. The number of hydrogen-bond acceptors (Lipinski definition) is 5. The Morgan fingerprint density at radius 1 is 0.639 bits per heavy atom. The summed E-state index contributed by atoms with van der Waals surface area (Å²) in [5.74, 6) is 5.27. The van der Waals surface area contributed by atoms with Crippen LogP contribution in [0, 0.1) is 40.4 Å². The van der Waals surface area contributed by atoms with E-state index in [1.54, 1.807) is 38.5 Å². The summed E-state index contributed by atoms with van der Waals surface area (Å²) >= 11 is 0. The van der Waals surface area contributed by atoms with E-state index in [9.17, 15) is 0 Å². The molecule has 216 valence electrons. The van der Waals surface area contributed by atoms with Gasteiger partial charge in [0, 0.05) is 13.2 Å². The molecule has 0 radical (unpaired) electrons. The van der Waals surface area contributed by atoms with Gasteiger partial charge in [0.2, 0.25) is 0 Å². The molecule has 0 spiro atoms. The van der Waals surface area contributed by atoms with Gasteiger partial charge in [-0.1, -0.05) is 47.0 Å². The molecular formula is C31H65N3O2. The Balaban J connectivity index is 0.000000457. The van der Waals surface area contributed by atoms with Gasteiger partial charge in [0.1, 0.15) is 0 Å². The lowest BCUT2D eigenvalue weighted by molar-refractivity contribution is -0.111. The van der Waals surface area contributed by atoms with E-state index in [0.717, 1.165) is 49.0 Å². The predicted molar refractivity (Wildman–Crippen MR) is 156 cm³/mol. The second-order valence-electron chi connectivity index (χ2n) is 12.2. The molecule has 5 heteroatoms. The zero-order chi connectivity index (χ0) is 27.0. The Morgan fingerprint density at radius 3 is 1.81 bits per heavy atom. The number of rotatable bonds is 8. The van der Waals surface area contributed by atoms with E-state index in [-0.39, 0.29) is 13.2 Å². The van der Waals surface area contributed by atoms with Gasteiger partial charge in [-0.05, 0) is 137 Å². The summed E-state index contributed by atoms with van der Waals surface area (Å²) < 4.78 is 0. The summed E-state index contributed by atoms with van der Waals surface area (Å²) in [4.78, 5) is 0. The lowest BCUT2D eigenvalue weighted by Gasteiger charge is -2.60. The fourth-order valence-corrected chi connectivity index (χ4v) is 8.60. The summed E-state index contributed by atoms with van der Waals surface area (Å²) in [5.41, 5.74) is 17.1. The van der Waals surface area contributed by atoms with Crippen molar-refractivity contribution in [3.8, 4) is 0 Å². The largest absolute Gasteiger partial charge is 0.396 e. The van der Waals surface area contributed by atoms with Gasteiger partial charge in [0.15, 0.2) is 0 Å². The van der Waals surface area contributed by atoms with Gasteiger partial charge in [-0.25, -0.2) is 0 Å². The molecule has 6 unspecified atom stereocenters. The highest BCUT2D eigenvalue weighted by Gasteiger charge is 2.59. The van der Waals surface area contributed by atoms with Gasteiger partial charge >= 0.3 is 0 Å². The van der Waals surface area contributed by atoms with Crippen LogP contribution in [0.1, 0.15) is 124 Å². The second-order valence-corrected chi connectivity index (χ2v) is 12.2. The maximum Gasteiger partial charge on any atom is 0.0443 e. The summed E-state index contributed by atoms with van der Waals surface area (Å²) in [5, 5.41) is 16.0. The van der Waals surface area contributed by atoms with Crippen LogP contribution in [0.5, 0.6) is 0 Å². The smallest absolute Gasteiger partial charge is 0.0443 e. The van der Waals surface area contributed by atoms with Crippen LogP contribution < -0.4 is 17.2 Å². The molecule has 0 aromatic heterocycles. The van der Waals surface area contributed by atoms with E-state index in [2.05, 4.69) is 13.8 Å². The standard InChI is InChI=1S/C23H41N.2C3H9NO.C2H6/c1-22-14-5-3-7-17(22)9-11-19-20-12-10-18(8-4-6-16-24)23(20,2)15-13-21(19)22;2*4-2-1-3-5;1-2/h17-21H,3-16,24H2,1-2H3;2*5H,1-4H2;1-2H3/t17?,18-,19?,20?,21?,22?,23?;;;/m0.../s1. The molecule has 4 fully saturated rings. The Labute approximate surface area is 224 Å². The minimum absolute atomic E-state index is 0.219. The molecule has 8 N–H and O–H groups in total. The number of aliphatic hydroxyl groups is 2. The van der Waals surface area contributed by atoms with Crippen LogP contribution in [0.4, 0.5) is 0 Å². The third-order valence-corrected chi connectivity index (χ3v) is 10.5. The average molecular weight is 512 g/mol. The van der Waals surface area contributed by atoms with Gasteiger partial charge in [-0.2, -0.15) is 0 Å². The predicted octanol–water partition coefficient (Wildman–Crippen LogP) is 5.85. The van der Waals surface area contributed by atoms with Crippen LogP contribution in [-0.4, -0.2) is 43.1 Å². The number of hydrogen-bond donors (Lipinski definition) is 5. The summed E-state index contributed by atoms with van der Waals surface area (Å²) in [6.45, 7) is 11.9. The molecule has 0 amide bonds. The molecule has 4 aliphatic rings. The fraction of sp³-hybridized carbons (Fsp3) is 1.00. The minimum Gasteiger partial charge on any atom is -0.396 e. The molecule has 0 aliphatic heterocycles. The summed E-state index contributed by atoms with van der Waals surface area (Å²) in [7, 11) is 0. The minimum atomic E-state index is 0.219. The van der Waals surface area contributed by atoms with Crippen LogP contribution in [-0.2, 0) is 0 Å². The van der Waals surface area contributed by atoms with Crippen LogP contribution in [0.25, 0.3) is 0 Å². The normalized spacial score (nSPS) is 36.4. The average Bonchev–Trinajstić information content (AvgIpc) is 3.23. The first-order chi connectivity index (χ1) is 17.4. The lowest BCUT2D eigenvalue weighted by atomic mass is 9.45. The molecule has 4 aliphatic carbocycles. The molecular weight excluding hydrogens is 446 g/mol. The SMILES string of the molecule is CC.CC12CCCCC1CCC1C2CCC2(C)C1CC[C@@H]2CCCCN.NCCCO.NCCCO. The number of aliphatic hydroxyl groups excluding tert-OH is 2. The van der Waals surface area contributed by atoms with Gasteiger partial charge in [0.05, 0.1) is 0 Å². The van der Waals surface area contributed by atoms with E-state index in [4.69, 9.17) is 27.4 Å². The molecule has 0 bridgehead atoms. The van der Waals surface area contributed by atoms with Crippen molar-refractivity contribution in [2.24, 2.45) is 57.6 Å². The molecule has 0 heterocycles. The van der Waals surface area contributed by atoms with E-state index in [1.807, 2.05) is 13.8 Å². The van der Waals surface area contributed by atoms with Crippen LogP contribution in [0.15, 0.2) is 0 Å². The Hall–Kier alpha value is -0.200. The van der Waals surface area contributed by atoms with Crippen molar-refractivity contribution in [3.05, 3.63) is 0 Å². The van der Waals surface area contributed by atoms with Gasteiger partial charge in [-0.15, -0.1) is 0 Å². The van der Waals surface area contributed by atoms with Crippen molar-refractivity contribution in [1.82, 2.24) is 0 Å². The molecule has 0 aromatic carbocycles. The molecule has 0 saturated heterocycles. The van der Waals surface area contributed by atoms with E-state index in [1.165, 1.54) is 44.9 Å². The molecule has 7 atom stereocenters. The molecule has 5 nitrogen and oxygen atoms in total. The van der Waals surface area contributed by atoms with E-state index in [0.29, 0.717) is 23.9 Å². The quantitative estimate of drug-likeness (QED) is 0.262. The number of nitrogens with two attached hydrogens (primary N) is 3. The Morgan fingerprint density at radius 2 is 1.25 bits per heavy atom. The van der Waals surface area contributed by atoms with Gasteiger partial charge in [-0.3, -0.25) is 0 Å². The molecule has 36 heavy (non-hydrogen) atoms. The first kappa shape index (κ1) is 33.8. The van der Waals surface area contributed by atoms with Crippen LogP contribution >= 0.6 is 0 Å². The molecule has 0 aromatic rings. The van der Waals surface area contributed by atoms with Crippen molar-refractivity contribution < 1.29 is 10.2 Å². The Bertz CT molecular complexity index is 538. The number of fused-ring (bicyclic) bond motifs is 5. The first-order valence-electron chi connectivity index (χ1n) is 15.7. The molecule has 4 saturated carbocycles. The van der Waals surface area contributed by atoms with E-state index < -0.39 is 0 Å². The lowest BCUT2D eigenvalue weighted by Crippen LogP contribution is -2.52. The molecule has 4 rings (SSSR count). The highest BCUT2D eigenvalue weighted by atomic mass is 16.3. The van der Waals surface area contributed by atoms with E-state index >= 15 is 0 Å². The zero-order valence-corrected chi connectivity index (χ0v) is 24.7. The van der Waals surface area contributed by atoms with Crippen molar-refractivity contribution >= 4 is 0 Å². The van der Waals surface area contributed by atoms with Crippen molar-refractivity contribution in [2.75, 3.05) is 32.8 Å². The number of unbranched alkanes of at least 4 members (excludes halogenated alkanes) is 1. The fourth-order valence-electron chi connectivity index (χ4n) is 8.60. The maximum absolute atomic E-state index is 7.99. The first-order valence-corrected chi connectivity index (χ1v) is 15.7. The van der Waals surface area contributed by atoms with Crippen LogP contribution in [0.3, 0.4) is 0 Å². The van der Waals surface area contributed by atoms with Gasteiger partial charge in [0.25, 0.3) is 0 Å². The zero-order valence-electron chi connectivity index (χ0n) is 24.7. The van der Waals surface area contributed by atoms with Crippen molar-refractivity contribution in [1.29, 1.82) is 0 Å². The monoisotopic (exact) mass is 512 g/mol. The second kappa shape index (κ2) is 18.2. The highest BCUT2D eigenvalue weighted by molar-refractivity contribution is 5.08. The summed E-state index contributed by atoms with van der Waals surface area (Å²) in [6.07, 6.45) is 20.9. The van der Waals surface area contributed by atoms with Gasteiger partial charge < -0.3 is 27.4 Å². The highest BCUT2D eigenvalue weighted by Crippen LogP contribution is 2.67. The third-order valence-electron chi connectivity index (χ3n) is 10.5. The van der Waals surface area contributed by atoms with Crippen LogP contribution in [0.2, 0.25) is 0 Å². The van der Waals surface area contributed by atoms with Crippen molar-refractivity contribution in [2.45, 2.75) is 124 Å². The van der Waals surface area contributed by atoms with Crippen molar-refractivity contribution in [3.63, 3.8) is 0 Å². The topological polar surface area (TPSA) is 119 Å². The summed E-state index contributed by atoms with van der Waals surface area (Å²) in [6, 6.07) is 0.